The topological polar surface area (TPSA) is 237 Å². The van der Waals surface area contributed by atoms with Crippen LogP contribution in [-0.4, -0.2) is 96.7 Å². The lowest BCUT2D eigenvalue weighted by Crippen LogP contribution is -2.30. The minimum atomic E-state index is -4.96. The molecule has 0 spiro atoms. The van der Waals surface area contributed by atoms with Gasteiger partial charge in [0, 0.05) is 25.7 Å². The van der Waals surface area contributed by atoms with Crippen molar-refractivity contribution in [1.29, 1.82) is 0 Å². The number of hydrogen-bond donors (Lipinski definition) is 3. The average molecular weight is 1420 g/mol. The molecule has 0 saturated carbocycles. The zero-order valence-electron chi connectivity index (χ0n) is 63.7. The smallest absolute Gasteiger partial charge is 0.462 e. The Bertz CT molecular complexity index is 1910. The molecule has 0 fully saturated rings. The third kappa shape index (κ3) is 69.5. The molecule has 0 rings (SSSR count). The van der Waals surface area contributed by atoms with Crippen LogP contribution in [0.4, 0.5) is 0 Å². The molecule has 0 bridgehead atoms. The maximum absolute atomic E-state index is 13.1. The summed E-state index contributed by atoms with van der Waals surface area (Å²) in [6, 6.07) is 0. The molecule has 0 radical (unpaired) electrons. The van der Waals surface area contributed by atoms with Gasteiger partial charge in [-0.3, -0.25) is 37.3 Å². The molecule has 97 heavy (non-hydrogen) atoms. The molecule has 0 aliphatic heterocycles. The second-order valence-corrected chi connectivity index (χ2v) is 32.4. The summed E-state index contributed by atoms with van der Waals surface area (Å²) in [5.74, 6) is 0.969. The molecule has 0 aromatic carbocycles. The maximum Gasteiger partial charge on any atom is 0.472 e. The standard InChI is InChI=1S/C78H152O17P2/c1-9-70(7)56-48-40-32-25-21-17-15-13-11-12-14-16-18-22-27-34-44-52-60-77(82)94-73(64-88-75(80)58-50-42-33-26-23-19-20-24-30-38-46-54-68(3)4)66-92-96(84,85)90-62-72(79)63-91-97(86,87)93-67-74(65-89-76(81)59-51-43-37-36-41-49-57-71(8)10-2)95-78(83)61-53-45-35-29-28-31-39-47-55-69(5)6/h68-74,79H,9-67H2,1-8H3,(H,84,85)(H,86,87)/t70?,71?,72-,73-,74-/m1/s1. The molecule has 3 N–H and O–H groups in total. The first-order valence-corrected chi connectivity index (χ1v) is 43.3. The van der Waals surface area contributed by atoms with Crippen molar-refractivity contribution in [3.05, 3.63) is 0 Å². The van der Waals surface area contributed by atoms with Gasteiger partial charge in [-0.1, -0.05) is 344 Å². The second-order valence-electron chi connectivity index (χ2n) is 29.5. The van der Waals surface area contributed by atoms with Gasteiger partial charge in [0.15, 0.2) is 12.2 Å². The lowest BCUT2D eigenvalue weighted by molar-refractivity contribution is -0.161. The average Bonchev–Trinajstić information content (AvgIpc) is 1.97. The summed E-state index contributed by atoms with van der Waals surface area (Å²) < 4.78 is 68.5. The molecule has 0 aromatic rings. The largest absolute Gasteiger partial charge is 0.472 e. The van der Waals surface area contributed by atoms with E-state index in [1.807, 2.05) is 0 Å². The molecular weight excluding hydrogens is 1270 g/mol. The number of hydrogen-bond acceptors (Lipinski definition) is 15. The van der Waals surface area contributed by atoms with Gasteiger partial charge in [0.05, 0.1) is 26.4 Å². The lowest BCUT2D eigenvalue weighted by Gasteiger charge is -2.21. The van der Waals surface area contributed by atoms with Crippen molar-refractivity contribution in [2.24, 2.45) is 23.7 Å². The number of carbonyl (C=O) groups is 4. The minimum absolute atomic E-state index is 0.103. The van der Waals surface area contributed by atoms with Gasteiger partial charge >= 0.3 is 39.5 Å². The summed E-state index contributed by atoms with van der Waals surface area (Å²) in [6.45, 7) is 14.2. The van der Waals surface area contributed by atoms with Gasteiger partial charge in [0.25, 0.3) is 0 Å². The van der Waals surface area contributed by atoms with Crippen molar-refractivity contribution < 1.29 is 80.2 Å². The van der Waals surface area contributed by atoms with E-state index in [1.165, 1.54) is 193 Å². The Morgan fingerprint density at radius 3 is 0.732 bits per heavy atom. The van der Waals surface area contributed by atoms with Gasteiger partial charge in [-0.25, -0.2) is 9.13 Å². The van der Waals surface area contributed by atoms with E-state index in [0.29, 0.717) is 25.7 Å². The molecule has 17 nitrogen and oxygen atoms in total. The summed E-state index contributed by atoms with van der Waals surface area (Å²) in [4.78, 5) is 72.8. The van der Waals surface area contributed by atoms with Crippen LogP contribution in [0.1, 0.15) is 396 Å². The second kappa shape index (κ2) is 67.2. The van der Waals surface area contributed by atoms with E-state index < -0.39 is 97.5 Å². The quantitative estimate of drug-likeness (QED) is 0.0222. The Kier molecular flexibility index (Phi) is 65.9. The molecule has 0 aromatic heterocycles. The predicted octanol–water partition coefficient (Wildman–Crippen LogP) is 22.8. The van der Waals surface area contributed by atoms with Crippen LogP contribution in [0.3, 0.4) is 0 Å². The molecule has 0 saturated heterocycles. The molecule has 0 heterocycles. The highest BCUT2D eigenvalue weighted by Crippen LogP contribution is 2.45. The van der Waals surface area contributed by atoms with E-state index >= 15 is 0 Å². The van der Waals surface area contributed by atoms with Crippen LogP contribution < -0.4 is 0 Å². The molecule has 19 heteroatoms. The van der Waals surface area contributed by atoms with Crippen LogP contribution in [0.5, 0.6) is 0 Å². The van der Waals surface area contributed by atoms with Gasteiger partial charge in [0.2, 0.25) is 0 Å². The Hall–Kier alpha value is -1.94. The van der Waals surface area contributed by atoms with Gasteiger partial charge in [-0.2, -0.15) is 0 Å². The summed E-state index contributed by atoms with van der Waals surface area (Å²) in [5, 5.41) is 10.6. The fourth-order valence-corrected chi connectivity index (χ4v) is 13.4. The Morgan fingerprint density at radius 2 is 0.495 bits per heavy atom. The highest BCUT2D eigenvalue weighted by atomic mass is 31.2. The molecule has 576 valence electrons. The normalized spacial score (nSPS) is 14.6. The number of aliphatic hydroxyl groups excluding tert-OH is 1. The van der Waals surface area contributed by atoms with E-state index in [4.69, 9.17) is 37.0 Å². The fourth-order valence-electron chi connectivity index (χ4n) is 11.8. The van der Waals surface area contributed by atoms with E-state index in [2.05, 4.69) is 55.4 Å². The summed E-state index contributed by atoms with van der Waals surface area (Å²) in [6.07, 6.45) is 52.9. The van der Waals surface area contributed by atoms with Crippen molar-refractivity contribution in [1.82, 2.24) is 0 Å². The summed E-state index contributed by atoms with van der Waals surface area (Å²) in [7, 11) is -9.91. The molecule has 0 aliphatic rings. The monoisotopic (exact) mass is 1420 g/mol. The van der Waals surface area contributed by atoms with Crippen molar-refractivity contribution in [3.8, 4) is 0 Å². The number of phosphoric ester groups is 2. The third-order valence-corrected chi connectivity index (χ3v) is 20.7. The van der Waals surface area contributed by atoms with Crippen LogP contribution >= 0.6 is 15.6 Å². The highest BCUT2D eigenvalue weighted by Gasteiger charge is 2.30. The molecule has 7 atom stereocenters. The first-order valence-electron chi connectivity index (χ1n) is 40.3. The summed E-state index contributed by atoms with van der Waals surface area (Å²) in [5.41, 5.74) is 0. The van der Waals surface area contributed by atoms with E-state index in [0.717, 1.165) is 120 Å². The van der Waals surface area contributed by atoms with E-state index in [1.54, 1.807) is 0 Å². The molecular formula is C78H152O17P2. The third-order valence-electron chi connectivity index (χ3n) is 18.8. The van der Waals surface area contributed by atoms with Gasteiger partial charge in [-0.05, 0) is 49.4 Å². The van der Waals surface area contributed by atoms with Crippen molar-refractivity contribution >= 4 is 39.5 Å². The van der Waals surface area contributed by atoms with Crippen molar-refractivity contribution in [2.75, 3.05) is 39.6 Å². The number of aliphatic hydroxyl groups is 1. The Balaban J connectivity index is 5.20. The van der Waals surface area contributed by atoms with Gasteiger partial charge < -0.3 is 33.8 Å². The zero-order valence-corrected chi connectivity index (χ0v) is 65.5. The van der Waals surface area contributed by atoms with Crippen LogP contribution in [0, 0.1) is 23.7 Å². The predicted molar refractivity (Wildman–Crippen MR) is 395 cm³/mol. The highest BCUT2D eigenvalue weighted by molar-refractivity contribution is 7.47. The number of rotatable bonds is 75. The zero-order chi connectivity index (χ0) is 71.7. The van der Waals surface area contributed by atoms with Crippen LogP contribution in [0.2, 0.25) is 0 Å². The first-order chi connectivity index (χ1) is 46.7. The lowest BCUT2D eigenvalue weighted by atomic mass is 9.99. The Labute approximate surface area is 594 Å². The van der Waals surface area contributed by atoms with Crippen molar-refractivity contribution in [2.45, 2.75) is 414 Å². The SMILES string of the molecule is CCC(C)CCCCCCCCCCCCCCCCCCCCC(=O)O[C@H](COC(=O)CCCCCCCCCCCCCC(C)C)COP(=O)(O)OC[C@@H](O)COP(=O)(O)OC[C@@H](COC(=O)CCCCCCCCC(C)CC)OC(=O)CCCCCCCCCCC(C)C. The van der Waals surface area contributed by atoms with Crippen molar-refractivity contribution in [3.63, 3.8) is 0 Å². The van der Waals surface area contributed by atoms with E-state index in [9.17, 15) is 43.2 Å². The van der Waals surface area contributed by atoms with Crippen LogP contribution in [-0.2, 0) is 65.4 Å². The van der Waals surface area contributed by atoms with Crippen LogP contribution in [0.15, 0.2) is 0 Å². The fraction of sp³-hybridized carbons (Fsp3) is 0.949. The van der Waals surface area contributed by atoms with Gasteiger partial charge in [-0.15, -0.1) is 0 Å². The van der Waals surface area contributed by atoms with Gasteiger partial charge in [0.1, 0.15) is 19.3 Å². The molecule has 0 amide bonds. The van der Waals surface area contributed by atoms with E-state index in [-0.39, 0.29) is 25.7 Å². The number of carbonyl (C=O) groups excluding carboxylic acids is 4. The summed E-state index contributed by atoms with van der Waals surface area (Å²) >= 11 is 0. The maximum atomic E-state index is 13.1. The Morgan fingerprint density at radius 1 is 0.289 bits per heavy atom. The molecule has 0 aliphatic carbocycles. The van der Waals surface area contributed by atoms with Crippen LogP contribution in [0.25, 0.3) is 0 Å². The molecule has 4 unspecified atom stereocenters. The number of ether oxygens (including phenoxy) is 4. The minimum Gasteiger partial charge on any atom is -0.462 e. The first kappa shape index (κ1) is 95.1. The number of unbranched alkanes of at least 4 members (excludes halogenated alkanes) is 39. The number of esters is 4. The number of phosphoric acid groups is 2.